The van der Waals surface area contributed by atoms with Gasteiger partial charge in [-0.05, 0) is 35.5 Å². The van der Waals surface area contributed by atoms with Crippen LogP contribution >= 0.6 is 11.8 Å². The monoisotopic (exact) mass is 291 g/mol. The molecule has 0 saturated heterocycles. The van der Waals surface area contributed by atoms with Crippen LogP contribution in [-0.2, 0) is 7.05 Å². The van der Waals surface area contributed by atoms with Crippen LogP contribution in [-0.4, -0.2) is 9.55 Å². The minimum Gasteiger partial charge on any atom is -0.322 e. The number of rotatable bonds is 3. The summed E-state index contributed by atoms with van der Waals surface area (Å²) in [6, 6.07) is 20.0. The molecule has 4 heteroatoms. The molecule has 0 spiro atoms. The third-order valence-corrected chi connectivity index (χ3v) is 4.13. The molecule has 0 unspecified atom stereocenters. The number of aryl methyl sites for hydroxylation is 1. The van der Waals surface area contributed by atoms with Crippen molar-refractivity contribution in [2.24, 2.45) is 7.05 Å². The molecule has 3 nitrogen and oxygen atoms in total. The summed E-state index contributed by atoms with van der Waals surface area (Å²) in [5.41, 5.74) is 3.02. The predicted octanol–water partition coefficient (Wildman–Crippen LogP) is 4.23. The molecule has 0 aliphatic rings. The third-order valence-electron chi connectivity index (χ3n) is 3.15. The number of benzene rings is 2. The van der Waals surface area contributed by atoms with Gasteiger partial charge in [0.2, 0.25) is 0 Å². The Bertz CT molecular complexity index is 841. The van der Waals surface area contributed by atoms with Gasteiger partial charge in [-0.25, -0.2) is 4.98 Å². The van der Waals surface area contributed by atoms with Gasteiger partial charge in [-0.15, -0.1) is 0 Å². The van der Waals surface area contributed by atoms with Gasteiger partial charge in [0.15, 0.2) is 5.16 Å². The molecule has 0 amide bonds. The summed E-state index contributed by atoms with van der Waals surface area (Å²) in [6.45, 7) is 0. The molecule has 1 aromatic heterocycles. The number of imidazole rings is 1. The van der Waals surface area contributed by atoms with E-state index >= 15 is 0 Å². The first-order chi connectivity index (χ1) is 10.3. The van der Waals surface area contributed by atoms with Crippen LogP contribution < -0.4 is 0 Å². The number of aromatic nitrogens is 2. The Labute approximate surface area is 127 Å². The first kappa shape index (κ1) is 13.5. The summed E-state index contributed by atoms with van der Waals surface area (Å²) in [6.07, 6.45) is 1.88. The van der Waals surface area contributed by atoms with Crippen LogP contribution in [0.1, 0.15) is 5.56 Å². The molecule has 1 heterocycles. The Balaban J connectivity index is 1.95. The van der Waals surface area contributed by atoms with E-state index in [-0.39, 0.29) is 0 Å². The van der Waals surface area contributed by atoms with E-state index in [0.29, 0.717) is 4.91 Å². The largest absolute Gasteiger partial charge is 0.322 e. The molecule has 102 valence electrons. The molecule has 2 aromatic carbocycles. The molecule has 3 aromatic rings. The summed E-state index contributed by atoms with van der Waals surface area (Å²) in [5.74, 6) is 0. The smallest absolute Gasteiger partial charge is 0.174 e. The van der Waals surface area contributed by atoms with E-state index in [2.05, 4.69) is 11.1 Å². The molecular weight excluding hydrogens is 278 g/mol. The number of thioether (sulfide) groups is 1. The zero-order valence-electron chi connectivity index (χ0n) is 11.5. The van der Waals surface area contributed by atoms with Crippen LogP contribution in [0.25, 0.3) is 17.1 Å². The maximum atomic E-state index is 9.34. The lowest BCUT2D eigenvalue weighted by molar-refractivity contribution is 0.817. The highest BCUT2D eigenvalue weighted by atomic mass is 32.2. The highest BCUT2D eigenvalue weighted by molar-refractivity contribution is 8.03. The lowest BCUT2D eigenvalue weighted by atomic mass is 10.2. The summed E-state index contributed by atoms with van der Waals surface area (Å²) < 4.78 is 2.01. The van der Waals surface area contributed by atoms with Crippen LogP contribution in [0.5, 0.6) is 0 Å². The number of para-hydroxylation sites is 2. The summed E-state index contributed by atoms with van der Waals surface area (Å²) in [5, 5.41) is 10.2. The molecule has 0 atom stereocenters. The van der Waals surface area contributed by atoms with E-state index < -0.39 is 0 Å². The Morgan fingerprint density at radius 2 is 1.86 bits per heavy atom. The zero-order valence-corrected chi connectivity index (χ0v) is 12.3. The minimum absolute atomic E-state index is 0.625. The van der Waals surface area contributed by atoms with Crippen molar-refractivity contribution in [1.82, 2.24) is 9.55 Å². The van der Waals surface area contributed by atoms with Crippen molar-refractivity contribution in [3.8, 4) is 6.07 Å². The average Bonchev–Trinajstić information content (AvgIpc) is 2.84. The maximum Gasteiger partial charge on any atom is 0.174 e. The van der Waals surface area contributed by atoms with E-state index in [1.54, 1.807) is 0 Å². The van der Waals surface area contributed by atoms with Gasteiger partial charge in [0.25, 0.3) is 0 Å². The van der Waals surface area contributed by atoms with Crippen LogP contribution in [0, 0.1) is 11.3 Å². The molecule has 21 heavy (non-hydrogen) atoms. The quantitative estimate of drug-likeness (QED) is 0.535. The molecule has 0 radical (unpaired) electrons. The number of hydrogen-bond donors (Lipinski definition) is 0. The standard InChI is InChI=1S/C17H13N3S/c1-20-16-10-6-5-9-15(16)19-17(20)21-14(12-18)11-13-7-3-2-4-8-13/h2-11H,1H3/b14-11+. The molecule has 0 N–H and O–H groups in total. The van der Waals surface area contributed by atoms with Gasteiger partial charge in [-0.2, -0.15) is 5.26 Å². The lowest BCUT2D eigenvalue weighted by Gasteiger charge is -2.01. The van der Waals surface area contributed by atoms with Gasteiger partial charge in [0, 0.05) is 7.05 Å². The topological polar surface area (TPSA) is 41.6 Å². The summed E-state index contributed by atoms with van der Waals surface area (Å²) >= 11 is 1.39. The van der Waals surface area contributed by atoms with Crippen molar-refractivity contribution in [2.45, 2.75) is 5.16 Å². The highest BCUT2D eigenvalue weighted by Gasteiger charge is 2.10. The van der Waals surface area contributed by atoms with Crippen molar-refractivity contribution in [2.75, 3.05) is 0 Å². The number of fused-ring (bicyclic) bond motifs is 1. The molecular formula is C17H13N3S. The highest BCUT2D eigenvalue weighted by Crippen LogP contribution is 2.29. The van der Waals surface area contributed by atoms with Crippen LogP contribution in [0.15, 0.2) is 64.7 Å². The Morgan fingerprint density at radius 3 is 2.57 bits per heavy atom. The molecule has 0 fully saturated rings. The van der Waals surface area contributed by atoms with Gasteiger partial charge in [-0.1, -0.05) is 42.5 Å². The second-order valence-electron chi connectivity index (χ2n) is 4.58. The number of hydrogen-bond acceptors (Lipinski definition) is 3. The first-order valence-corrected chi connectivity index (χ1v) is 7.36. The Hall–Kier alpha value is -2.51. The van der Waals surface area contributed by atoms with Gasteiger partial charge < -0.3 is 4.57 Å². The van der Waals surface area contributed by atoms with Crippen molar-refractivity contribution >= 4 is 28.9 Å². The van der Waals surface area contributed by atoms with Gasteiger partial charge >= 0.3 is 0 Å². The van der Waals surface area contributed by atoms with Crippen molar-refractivity contribution in [3.05, 3.63) is 65.1 Å². The van der Waals surface area contributed by atoms with Crippen LogP contribution in [0.2, 0.25) is 0 Å². The number of allylic oxidation sites excluding steroid dienone is 1. The summed E-state index contributed by atoms with van der Waals surface area (Å²) in [4.78, 5) is 5.20. The van der Waals surface area contributed by atoms with Gasteiger partial charge in [-0.3, -0.25) is 0 Å². The van der Waals surface area contributed by atoms with E-state index in [4.69, 9.17) is 0 Å². The molecule has 3 rings (SSSR count). The van der Waals surface area contributed by atoms with Crippen molar-refractivity contribution < 1.29 is 0 Å². The average molecular weight is 291 g/mol. The Morgan fingerprint density at radius 1 is 1.14 bits per heavy atom. The lowest BCUT2D eigenvalue weighted by Crippen LogP contribution is -1.90. The minimum atomic E-state index is 0.625. The normalized spacial score (nSPS) is 11.5. The Kier molecular flexibility index (Phi) is 3.76. The number of nitriles is 1. The number of nitrogens with zero attached hydrogens (tertiary/aromatic N) is 3. The van der Waals surface area contributed by atoms with E-state index in [9.17, 15) is 5.26 Å². The van der Waals surface area contributed by atoms with E-state index in [1.807, 2.05) is 72.3 Å². The fourth-order valence-corrected chi connectivity index (χ4v) is 2.91. The fraction of sp³-hybridized carbons (Fsp3) is 0.0588. The summed E-state index contributed by atoms with van der Waals surface area (Å²) in [7, 11) is 1.97. The van der Waals surface area contributed by atoms with Crippen molar-refractivity contribution in [1.29, 1.82) is 5.26 Å². The SMILES string of the molecule is Cn1c(S/C(C#N)=C/c2ccccc2)nc2ccccc21. The van der Waals surface area contributed by atoms with Gasteiger partial charge in [0.05, 0.1) is 15.9 Å². The third kappa shape index (κ3) is 2.83. The van der Waals surface area contributed by atoms with E-state index in [1.165, 1.54) is 11.8 Å². The zero-order chi connectivity index (χ0) is 14.7. The maximum absolute atomic E-state index is 9.34. The molecule has 0 aliphatic heterocycles. The van der Waals surface area contributed by atoms with Crippen molar-refractivity contribution in [3.63, 3.8) is 0 Å². The predicted molar refractivity (Wildman–Crippen MR) is 86.6 cm³/mol. The first-order valence-electron chi connectivity index (χ1n) is 6.54. The van der Waals surface area contributed by atoms with Crippen LogP contribution in [0.3, 0.4) is 0 Å². The fourth-order valence-electron chi connectivity index (χ4n) is 2.10. The molecule has 0 saturated carbocycles. The second-order valence-corrected chi connectivity index (χ2v) is 5.58. The second kappa shape index (κ2) is 5.86. The van der Waals surface area contributed by atoms with E-state index in [0.717, 1.165) is 21.8 Å². The molecule has 0 bridgehead atoms. The molecule has 0 aliphatic carbocycles. The van der Waals surface area contributed by atoms with Crippen LogP contribution in [0.4, 0.5) is 0 Å². The van der Waals surface area contributed by atoms with Gasteiger partial charge in [0.1, 0.15) is 6.07 Å².